The summed E-state index contributed by atoms with van der Waals surface area (Å²) < 4.78 is 13.5. The molecule has 0 atom stereocenters. The van der Waals surface area contributed by atoms with Crippen LogP contribution in [-0.2, 0) is 6.54 Å². The summed E-state index contributed by atoms with van der Waals surface area (Å²) in [7, 11) is 0. The summed E-state index contributed by atoms with van der Waals surface area (Å²) in [6.45, 7) is 0.0422. The number of benzene rings is 1. The van der Waals surface area contributed by atoms with E-state index in [9.17, 15) is 14.0 Å². The first-order valence-corrected chi connectivity index (χ1v) is 5.72. The summed E-state index contributed by atoms with van der Waals surface area (Å²) in [4.78, 5) is 24.9. The average Bonchev–Trinajstić information content (AvgIpc) is 2.75. The van der Waals surface area contributed by atoms with Crippen molar-refractivity contribution in [2.45, 2.75) is 6.54 Å². The van der Waals surface area contributed by atoms with Gasteiger partial charge in [0.15, 0.2) is 0 Å². The van der Waals surface area contributed by atoms with E-state index in [0.29, 0.717) is 10.3 Å². The molecule has 94 valence electrons. The third kappa shape index (κ3) is 2.83. The molecule has 0 aliphatic heterocycles. The van der Waals surface area contributed by atoms with Gasteiger partial charge in [-0.2, -0.15) is 5.10 Å². The Morgan fingerprint density at radius 1 is 1.50 bits per heavy atom. The molecule has 0 radical (unpaired) electrons. The van der Waals surface area contributed by atoms with E-state index in [1.807, 2.05) is 0 Å². The van der Waals surface area contributed by atoms with Crippen LogP contribution >= 0.6 is 15.9 Å². The van der Waals surface area contributed by atoms with Crippen molar-refractivity contribution >= 4 is 21.8 Å². The minimum absolute atomic E-state index is 0.0422. The van der Waals surface area contributed by atoms with Gasteiger partial charge in [-0.1, -0.05) is 0 Å². The lowest BCUT2D eigenvalue weighted by Crippen LogP contribution is -2.24. The van der Waals surface area contributed by atoms with Crippen LogP contribution in [0.15, 0.2) is 27.5 Å². The molecule has 0 spiro atoms. The number of rotatable bonds is 3. The maximum Gasteiger partial charge on any atom is 0.340 e. The van der Waals surface area contributed by atoms with Crippen molar-refractivity contribution < 1.29 is 9.18 Å². The number of carbonyl (C=O) groups excluding carboxylic acids is 1. The smallest absolute Gasteiger partial charge is 0.340 e. The van der Waals surface area contributed by atoms with Gasteiger partial charge in [0.25, 0.3) is 5.91 Å². The summed E-state index contributed by atoms with van der Waals surface area (Å²) in [5.74, 6) is -0.678. The number of amides is 1. The second kappa shape index (κ2) is 5.13. The first kappa shape index (κ1) is 12.5. The van der Waals surface area contributed by atoms with E-state index in [-0.39, 0.29) is 12.1 Å². The third-order valence-corrected chi connectivity index (χ3v) is 2.83. The highest BCUT2D eigenvalue weighted by molar-refractivity contribution is 9.10. The topological polar surface area (TPSA) is 90.6 Å². The summed E-state index contributed by atoms with van der Waals surface area (Å²) in [5, 5.41) is 8.31. The minimum atomic E-state index is -0.503. The molecular weight excluding hydrogens is 307 g/mol. The maximum atomic E-state index is 13.0. The second-order valence-corrected chi connectivity index (χ2v) is 4.29. The van der Waals surface area contributed by atoms with E-state index in [1.54, 1.807) is 0 Å². The zero-order valence-corrected chi connectivity index (χ0v) is 10.5. The minimum Gasteiger partial charge on any atom is -0.345 e. The van der Waals surface area contributed by atoms with Gasteiger partial charge in [0.05, 0.1) is 12.1 Å². The zero-order chi connectivity index (χ0) is 13.1. The number of hydrogen-bond donors (Lipinski definition) is 3. The molecule has 18 heavy (non-hydrogen) atoms. The van der Waals surface area contributed by atoms with Crippen LogP contribution in [0.4, 0.5) is 4.39 Å². The SMILES string of the molecule is O=C(NCc1n[nH]c(=O)[nH]1)c1cc(F)ccc1Br. The van der Waals surface area contributed by atoms with E-state index < -0.39 is 17.4 Å². The van der Waals surface area contributed by atoms with E-state index in [1.165, 1.54) is 12.1 Å². The van der Waals surface area contributed by atoms with Crippen molar-refractivity contribution in [1.82, 2.24) is 20.5 Å². The van der Waals surface area contributed by atoms with Crippen molar-refractivity contribution in [2.24, 2.45) is 0 Å². The number of nitrogens with one attached hydrogen (secondary N) is 3. The van der Waals surface area contributed by atoms with Crippen LogP contribution in [0.5, 0.6) is 0 Å². The third-order valence-electron chi connectivity index (χ3n) is 2.14. The number of aromatic amines is 2. The van der Waals surface area contributed by atoms with E-state index in [2.05, 4.69) is 36.4 Å². The van der Waals surface area contributed by atoms with E-state index in [4.69, 9.17) is 0 Å². The molecule has 0 saturated heterocycles. The number of aromatic nitrogens is 3. The summed E-state index contributed by atoms with van der Waals surface area (Å²) >= 11 is 3.15. The molecule has 1 heterocycles. The Balaban J connectivity index is 2.08. The van der Waals surface area contributed by atoms with Gasteiger partial charge in [0, 0.05) is 4.47 Å². The molecule has 1 aromatic carbocycles. The fraction of sp³-hybridized carbons (Fsp3) is 0.100. The van der Waals surface area contributed by atoms with Gasteiger partial charge in [-0.05, 0) is 34.1 Å². The lowest BCUT2D eigenvalue weighted by Gasteiger charge is -2.05. The van der Waals surface area contributed by atoms with Crippen molar-refractivity contribution in [2.75, 3.05) is 0 Å². The number of H-pyrrole nitrogens is 2. The van der Waals surface area contributed by atoms with Gasteiger partial charge >= 0.3 is 5.69 Å². The van der Waals surface area contributed by atoms with Crippen molar-refractivity contribution in [3.05, 3.63) is 50.4 Å². The van der Waals surface area contributed by atoms with Crippen LogP contribution in [0.2, 0.25) is 0 Å². The van der Waals surface area contributed by atoms with Crippen LogP contribution in [-0.4, -0.2) is 21.1 Å². The monoisotopic (exact) mass is 314 g/mol. The summed E-state index contributed by atoms with van der Waals surface area (Å²) in [6, 6.07) is 3.80. The van der Waals surface area contributed by atoms with Crippen LogP contribution in [0.3, 0.4) is 0 Å². The number of halogens is 2. The molecule has 1 amide bonds. The Bertz CT molecular complexity index is 637. The first-order valence-electron chi connectivity index (χ1n) is 4.93. The van der Waals surface area contributed by atoms with Gasteiger partial charge < -0.3 is 5.32 Å². The molecule has 8 heteroatoms. The van der Waals surface area contributed by atoms with Gasteiger partial charge in [-0.3, -0.25) is 9.78 Å². The van der Waals surface area contributed by atoms with Crippen molar-refractivity contribution in [1.29, 1.82) is 0 Å². The Labute approximate surface area is 109 Å². The largest absolute Gasteiger partial charge is 0.345 e. The molecule has 6 nitrogen and oxygen atoms in total. The van der Waals surface area contributed by atoms with Crippen LogP contribution in [0, 0.1) is 5.82 Å². The maximum absolute atomic E-state index is 13.0. The quantitative estimate of drug-likeness (QED) is 0.787. The average molecular weight is 315 g/mol. The Morgan fingerprint density at radius 3 is 2.94 bits per heavy atom. The summed E-state index contributed by atoms with van der Waals surface area (Å²) in [5.41, 5.74) is -0.279. The molecule has 0 bridgehead atoms. The van der Waals surface area contributed by atoms with Crippen LogP contribution < -0.4 is 11.0 Å². The lowest BCUT2D eigenvalue weighted by molar-refractivity contribution is 0.0948. The fourth-order valence-corrected chi connectivity index (χ4v) is 1.75. The molecule has 0 aliphatic carbocycles. The summed E-state index contributed by atoms with van der Waals surface area (Å²) in [6.07, 6.45) is 0. The predicted octanol–water partition coefficient (Wildman–Crippen LogP) is 0.930. The number of hydrogen-bond acceptors (Lipinski definition) is 3. The molecule has 2 aromatic rings. The molecule has 0 aliphatic rings. The van der Waals surface area contributed by atoms with Gasteiger partial charge in [-0.25, -0.2) is 14.3 Å². The highest BCUT2D eigenvalue weighted by Crippen LogP contribution is 2.17. The number of carbonyl (C=O) groups is 1. The standard InChI is InChI=1S/C10H8BrFN4O2/c11-7-2-1-5(12)3-6(7)9(17)13-4-8-14-10(18)16-15-8/h1-3H,4H2,(H,13,17)(H2,14,15,16,18). The van der Waals surface area contributed by atoms with Gasteiger partial charge in [0.2, 0.25) is 0 Å². The Kier molecular flexibility index (Phi) is 3.56. The molecule has 3 N–H and O–H groups in total. The molecule has 2 rings (SSSR count). The number of nitrogens with zero attached hydrogens (tertiary/aromatic N) is 1. The Morgan fingerprint density at radius 2 is 2.28 bits per heavy atom. The normalized spacial score (nSPS) is 10.3. The highest BCUT2D eigenvalue weighted by atomic mass is 79.9. The molecule has 0 unspecified atom stereocenters. The van der Waals surface area contributed by atoms with Gasteiger partial charge in [0.1, 0.15) is 11.6 Å². The molecule has 0 fully saturated rings. The van der Waals surface area contributed by atoms with Crippen LogP contribution in [0.25, 0.3) is 0 Å². The highest BCUT2D eigenvalue weighted by Gasteiger charge is 2.11. The fourth-order valence-electron chi connectivity index (χ4n) is 1.32. The second-order valence-electron chi connectivity index (χ2n) is 3.43. The Hall–Kier alpha value is -1.96. The van der Waals surface area contributed by atoms with Gasteiger partial charge in [-0.15, -0.1) is 0 Å². The predicted molar refractivity (Wildman–Crippen MR) is 64.5 cm³/mol. The zero-order valence-electron chi connectivity index (χ0n) is 8.96. The molecular formula is C10H8BrFN4O2. The van der Waals surface area contributed by atoms with E-state index in [0.717, 1.165) is 6.07 Å². The lowest BCUT2D eigenvalue weighted by atomic mass is 10.2. The molecule has 1 aromatic heterocycles. The van der Waals surface area contributed by atoms with Crippen LogP contribution in [0.1, 0.15) is 16.2 Å². The first-order chi connectivity index (χ1) is 8.56. The van der Waals surface area contributed by atoms with Crippen molar-refractivity contribution in [3.63, 3.8) is 0 Å². The van der Waals surface area contributed by atoms with Crippen molar-refractivity contribution in [3.8, 4) is 0 Å². The molecule has 0 saturated carbocycles. The van der Waals surface area contributed by atoms with E-state index >= 15 is 0 Å².